The first-order valence-electron chi connectivity index (χ1n) is 6.76. The Labute approximate surface area is 127 Å². The van der Waals surface area contributed by atoms with Crippen LogP contribution in [-0.2, 0) is 19.2 Å². The van der Waals surface area contributed by atoms with Crippen LogP contribution in [0.15, 0.2) is 24.3 Å². The van der Waals surface area contributed by atoms with Crippen molar-refractivity contribution in [3.05, 3.63) is 24.3 Å². The highest BCUT2D eigenvalue weighted by atomic mass is 16.2. The summed E-state index contributed by atoms with van der Waals surface area (Å²) in [6.45, 7) is 1.49. The molecule has 2 aliphatic rings. The summed E-state index contributed by atoms with van der Waals surface area (Å²) in [5, 5.41) is 0. The van der Waals surface area contributed by atoms with E-state index in [1.54, 1.807) is 4.90 Å². The Kier molecular flexibility index (Phi) is 4.86. The van der Waals surface area contributed by atoms with Crippen LogP contribution in [0, 0.1) is 12.3 Å². The van der Waals surface area contributed by atoms with E-state index in [9.17, 15) is 19.2 Å². The lowest BCUT2D eigenvalue weighted by atomic mass is 10.4. The first kappa shape index (κ1) is 15.7. The smallest absolute Gasteiger partial charge is 0.253 e. The van der Waals surface area contributed by atoms with Crippen LogP contribution in [0.1, 0.15) is 0 Å². The van der Waals surface area contributed by atoms with Gasteiger partial charge in [-0.1, -0.05) is 5.92 Å². The molecule has 0 saturated carbocycles. The van der Waals surface area contributed by atoms with Gasteiger partial charge in [-0.05, 0) is 0 Å². The number of imide groups is 2. The lowest BCUT2D eigenvalue weighted by Gasteiger charge is -2.24. The molecule has 22 heavy (non-hydrogen) atoms. The van der Waals surface area contributed by atoms with Crippen LogP contribution < -0.4 is 0 Å². The Balaban J connectivity index is 1.84. The predicted octanol–water partition coefficient (Wildman–Crippen LogP) is -1.23. The molecule has 0 aromatic heterocycles. The van der Waals surface area contributed by atoms with Crippen molar-refractivity contribution in [2.75, 3.05) is 32.7 Å². The fourth-order valence-electron chi connectivity index (χ4n) is 2.18. The number of terminal acetylenes is 1. The second-order valence-corrected chi connectivity index (χ2v) is 4.80. The summed E-state index contributed by atoms with van der Waals surface area (Å²) in [4.78, 5) is 49.9. The van der Waals surface area contributed by atoms with Crippen LogP contribution in [0.3, 0.4) is 0 Å². The summed E-state index contributed by atoms with van der Waals surface area (Å²) >= 11 is 0. The molecule has 0 N–H and O–H groups in total. The van der Waals surface area contributed by atoms with E-state index in [1.165, 1.54) is 24.3 Å². The number of nitrogens with zero attached hydrogens (tertiary/aromatic N) is 3. The zero-order chi connectivity index (χ0) is 16.1. The SMILES string of the molecule is C#CCN(CCN1C(=O)C=CC1=O)CCN1C(=O)C=CC1=O. The van der Waals surface area contributed by atoms with E-state index in [0.29, 0.717) is 19.6 Å². The van der Waals surface area contributed by atoms with E-state index in [0.717, 1.165) is 9.80 Å². The molecule has 0 atom stereocenters. The predicted molar refractivity (Wildman–Crippen MR) is 77.0 cm³/mol. The Bertz CT molecular complexity index is 533. The standard InChI is InChI=1S/C15H15N3O4/c1-2-7-16(8-10-17-12(19)3-4-13(17)20)9-11-18-14(21)5-6-15(18)22/h1,3-6H,7-11H2. The maximum Gasteiger partial charge on any atom is 0.253 e. The van der Waals surface area contributed by atoms with Crippen LogP contribution in [0.2, 0.25) is 0 Å². The van der Waals surface area contributed by atoms with Gasteiger partial charge in [-0.25, -0.2) is 0 Å². The van der Waals surface area contributed by atoms with Crippen molar-refractivity contribution < 1.29 is 19.2 Å². The molecule has 0 saturated heterocycles. The van der Waals surface area contributed by atoms with E-state index in [1.807, 2.05) is 0 Å². The van der Waals surface area contributed by atoms with Gasteiger partial charge >= 0.3 is 0 Å². The summed E-state index contributed by atoms with van der Waals surface area (Å²) < 4.78 is 0. The van der Waals surface area contributed by atoms with Gasteiger partial charge < -0.3 is 0 Å². The minimum absolute atomic E-state index is 0.215. The van der Waals surface area contributed by atoms with Gasteiger partial charge in [0.15, 0.2) is 0 Å². The minimum Gasteiger partial charge on any atom is -0.289 e. The fourth-order valence-corrected chi connectivity index (χ4v) is 2.18. The van der Waals surface area contributed by atoms with Gasteiger partial charge in [-0.2, -0.15) is 0 Å². The maximum absolute atomic E-state index is 11.5. The lowest BCUT2D eigenvalue weighted by Crippen LogP contribution is -2.42. The molecular weight excluding hydrogens is 286 g/mol. The van der Waals surface area contributed by atoms with Crippen LogP contribution >= 0.6 is 0 Å². The summed E-state index contributed by atoms with van der Waals surface area (Å²) in [6, 6.07) is 0. The number of hydrogen-bond donors (Lipinski definition) is 0. The third-order valence-corrected chi connectivity index (χ3v) is 3.40. The molecule has 0 aromatic carbocycles. The third-order valence-electron chi connectivity index (χ3n) is 3.40. The van der Waals surface area contributed by atoms with E-state index in [-0.39, 0.29) is 36.7 Å². The quantitative estimate of drug-likeness (QED) is 0.435. The van der Waals surface area contributed by atoms with Gasteiger partial charge in [-0.3, -0.25) is 33.9 Å². The van der Waals surface area contributed by atoms with Crippen LogP contribution in [0.5, 0.6) is 0 Å². The Morgan fingerprint density at radius 1 is 0.818 bits per heavy atom. The van der Waals surface area contributed by atoms with Gasteiger partial charge in [0.2, 0.25) is 0 Å². The Morgan fingerprint density at radius 3 is 1.50 bits per heavy atom. The average molecular weight is 301 g/mol. The van der Waals surface area contributed by atoms with Crippen molar-refractivity contribution >= 4 is 23.6 Å². The Hall–Kier alpha value is -2.72. The highest BCUT2D eigenvalue weighted by Crippen LogP contribution is 2.05. The highest BCUT2D eigenvalue weighted by molar-refractivity contribution is 6.13. The molecule has 7 nitrogen and oxygen atoms in total. The first-order valence-corrected chi connectivity index (χ1v) is 6.76. The number of carbonyl (C=O) groups is 4. The molecule has 0 radical (unpaired) electrons. The third kappa shape index (κ3) is 3.48. The molecule has 114 valence electrons. The maximum atomic E-state index is 11.5. The van der Waals surface area contributed by atoms with Gasteiger partial charge in [0.25, 0.3) is 23.6 Å². The van der Waals surface area contributed by atoms with Crippen molar-refractivity contribution in [1.82, 2.24) is 14.7 Å². The largest absolute Gasteiger partial charge is 0.289 e. The summed E-state index contributed by atoms with van der Waals surface area (Å²) in [5.74, 6) is 1.09. The number of carbonyl (C=O) groups excluding carboxylic acids is 4. The fraction of sp³-hybridized carbons (Fsp3) is 0.333. The molecule has 0 unspecified atom stereocenters. The van der Waals surface area contributed by atoms with E-state index >= 15 is 0 Å². The normalized spacial score (nSPS) is 17.3. The molecule has 4 amide bonds. The van der Waals surface area contributed by atoms with Gasteiger partial charge in [0.1, 0.15) is 0 Å². The minimum atomic E-state index is -0.347. The van der Waals surface area contributed by atoms with Crippen molar-refractivity contribution in [1.29, 1.82) is 0 Å². The molecule has 0 aliphatic carbocycles. The summed E-state index contributed by atoms with van der Waals surface area (Å²) in [6.07, 6.45) is 10.2. The van der Waals surface area contributed by atoms with Crippen molar-refractivity contribution in [2.24, 2.45) is 0 Å². The number of hydrogen-bond acceptors (Lipinski definition) is 5. The van der Waals surface area contributed by atoms with E-state index in [2.05, 4.69) is 5.92 Å². The average Bonchev–Trinajstić information content (AvgIpc) is 2.97. The molecule has 0 fully saturated rings. The van der Waals surface area contributed by atoms with Crippen LogP contribution in [0.25, 0.3) is 0 Å². The summed E-state index contributed by atoms with van der Waals surface area (Å²) in [7, 11) is 0. The zero-order valence-corrected chi connectivity index (χ0v) is 11.9. The van der Waals surface area contributed by atoms with Crippen LogP contribution in [-0.4, -0.2) is 71.1 Å². The molecule has 7 heteroatoms. The van der Waals surface area contributed by atoms with Gasteiger partial charge in [0.05, 0.1) is 6.54 Å². The topological polar surface area (TPSA) is 78.0 Å². The number of amides is 4. The van der Waals surface area contributed by atoms with Gasteiger partial charge in [-0.15, -0.1) is 6.42 Å². The highest BCUT2D eigenvalue weighted by Gasteiger charge is 2.25. The first-order chi connectivity index (χ1) is 10.5. The molecule has 0 aromatic rings. The second-order valence-electron chi connectivity index (χ2n) is 4.80. The second kappa shape index (κ2) is 6.83. The van der Waals surface area contributed by atoms with Crippen molar-refractivity contribution in [3.8, 4) is 12.3 Å². The summed E-state index contributed by atoms with van der Waals surface area (Å²) in [5.41, 5.74) is 0. The number of rotatable bonds is 7. The molecule has 0 spiro atoms. The molecule has 2 aliphatic heterocycles. The molecule has 2 heterocycles. The van der Waals surface area contributed by atoms with Crippen molar-refractivity contribution in [2.45, 2.75) is 0 Å². The zero-order valence-electron chi connectivity index (χ0n) is 11.9. The molecule has 0 bridgehead atoms. The Morgan fingerprint density at radius 2 is 1.18 bits per heavy atom. The van der Waals surface area contributed by atoms with Crippen molar-refractivity contribution in [3.63, 3.8) is 0 Å². The van der Waals surface area contributed by atoms with Gasteiger partial charge in [0, 0.05) is 50.5 Å². The lowest BCUT2D eigenvalue weighted by molar-refractivity contribution is -0.137. The molecular formula is C15H15N3O4. The monoisotopic (exact) mass is 301 g/mol. The van der Waals surface area contributed by atoms with Crippen LogP contribution in [0.4, 0.5) is 0 Å². The van der Waals surface area contributed by atoms with E-state index in [4.69, 9.17) is 6.42 Å². The van der Waals surface area contributed by atoms with E-state index < -0.39 is 0 Å². The molecule has 2 rings (SSSR count).